The summed E-state index contributed by atoms with van der Waals surface area (Å²) < 4.78 is 6.55. The van der Waals surface area contributed by atoms with Crippen LogP contribution in [-0.2, 0) is 4.79 Å². The van der Waals surface area contributed by atoms with E-state index in [1.807, 2.05) is 38.1 Å². The number of anilines is 1. The summed E-state index contributed by atoms with van der Waals surface area (Å²) in [5.74, 6) is 0.203. The number of hydrogen-bond donors (Lipinski definition) is 2. The van der Waals surface area contributed by atoms with Crippen LogP contribution in [0.15, 0.2) is 48.5 Å². The highest BCUT2D eigenvalue weighted by molar-refractivity contribution is 7.21. The van der Waals surface area contributed by atoms with Gasteiger partial charge in [0.25, 0.3) is 11.8 Å². The van der Waals surface area contributed by atoms with Gasteiger partial charge < -0.3 is 15.4 Å². The molecular weight excluding hydrogens is 348 g/mol. The fourth-order valence-electron chi connectivity index (χ4n) is 2.64. The molecule has 0 saturated carbocycles. The minimum absolute atomic E-state index is 0.0549. The van der Waals surface area contributed by atoms with Gasteiger partial charge in [-0.25, -0.2) is 0 Å². The molecule has 0 unspecified atom stereocenters. The van der Waals surface area contributed by atoms with E-state index in [4.69, 9.17) is 4.74 Å². The minimum Gasteiger partial charge on any atom is -0.484 e. The molecule has 0 spiro atoms. The van der Waals surface area contributed by atoms with Crippen LogP contribution in [0, 0.1) is 6.92 Å². The maximum Gasteiger partial charge on any atom is 0.266 e. The second-order valence-electron chi connectivity index (χ2n) is 5.78. The van der Waals surface area contributed by atoms with Gasteiger partial charge in [-0.05, 0) is 43.0 Å². The van der Waals surface area contributed by atoms with Crippen molar-refractivity contribution < 1.29 is 14.3 Å². The van der Waals surface area contributed by atoms with Crippen LogP contribution in [0.3, 0.4) is 0 Å². The lowest BCUT2D eigenvalue weighted by molar-refractivity contribution is -0.122. The molecule has 3 aromatic rings. The Morgan fingerprint density at radius 3 is 2.69 bits per heavy atom. The third-order valence-corrected chi connectivity index (χ3v) is 5.16. The molecule has 0 aliphatic rings. The van der Waals surface area contributed by atoms with E-state index >= 15 is 0 Å². The molecule has 5 nitrogen and oxygen atoms in total. The zero-order valence-electron chi connectivity index (χ0n) is 14.7. The fraction of sp³-hybridized carbons (Fsp3) is 0.200. The van der Waals surface area contributed by atoms with Crippen LogP contribution < -0.4 is 15.4 Å². The number of likely N-dealkylation sites (N-methyl/N-ethyl adjacent to an activating group) is 1. The summed E-state index contributed by atoms with van der Waals surface area (Å²) in [6, 6.07) is 15.0. The lowest BCUT2D eigenvalue weighted by atomic mass is 10.1. The summed E-state index contributed by atoms with van der Waals surface area (Å²) in [5.41, 5.74) is 1.60. The highest BCUT2D eigenvalue weighted by Crippen LogP contribution is 2.31. The minimum atomic E-state index is -0.178. The highest BCUT2D eigenvalue weighted by atomic mass is 32.1. The molecule has 134 valence electrons. The second kappa shape index (κ2) is 8.01. The van der Waals surface area contributed by atoms with E-state index in [1.54, 1.807) is 24.3 Å². The van der Waals surface area contributed by atoms with Crippen LogP contribution in [0.25, 0.3) is 10.1 Å². The summed E-state index contributed by atoms with van der Waals surface area (Å²) in [6.45, 7) is 4.32. The topological polar surface area (TPSA) is 67.4 Å². The van der Waals surface area contributed by atoms with Crippen molar-refractivity contribution in [3.05, 3.63) is 59.0 Å². The number of thiophene rings is 1. The standard InChI is InChI=1S/C20H20N2O3S/c1-3-21-18(23)12-25-15-8-6-7-14(11-15)22-20(24)19-13(2)16-9-4-5-10-17(16)26-19/h4-11H,3,12H2,1-2H3,(H,21,23)(H,22,24). The highest BCUT2D eigenvalue weighted by Gasteiger charge is 2.15. The van der Waals surface area contributed by atoms with Gasteiger partial charge in [-0.3, -0.25) is 9.59 Å². The molecule has 0 saturated heterocycles. The summed E-state index contributed by atoms with van der Waals surface area (Å²) in [6.07, 6.45) is 0. The van der Waals surface area contributed by atoms with E-state index < -0.39 is 0 Å². The van der Waals surface area contributed by atoms with Gasteiger partial charge in [0, 0.05) is 23.0 Å². The molecule has 0 atom stereocenters. The van der Waals surface area contributed by atoms with Crippen molar-refractivity contribution in [1.82, 2.24) is 5.32 Å². The number of nitrogens with one attached hydrogen (secondary N) is 2. The average Bonchev–Trinajstić information content (AvgIpc) is 2.98. The van der Waals surface area contributed by atoms with Gasteiger partial charge in [-0.15, -0.1) is 11.3 Å². The predicted molar refractivity (Wildman–Crippen MR) is 105 cm³/mol. The number of hydrogen-bond acceptors (Lipinski definition) is 4. The number of fused-ring (bicyclic) bond motifs is 1. The van der Waals surface area contributed by atoms with Crippen molar-refractivity contribution in [2.45, 2.75) is 13.8 Å². The largest absolute Gasteiger partial charge is 0.484 e. The van der Waals surface area contributed by atoms with Crippen LogP contribution >= 0.6 is 11.3 Å². The maximum absolute atomic E-state index is 12.7. The summed E-state index contributed by atoms with van der Waals surface area (Å²) in [5, 5.41) is 6.67. The van der Waals surface area contributed by atoms with E-state index in [0.29, 0.717) is 22.9 Å². The number of aryl methyl sites for hydroxylation is 1. The fourth-order valence-corrected chi connectivity index (χ4v) is 3.74. The predicted octanol–water partition coefficient (Wildman–Crippen LogP) is 3.98. The van der Waals surface area contributed by atoms with Gasteiger partial charge in [0.1, 0.15) is 5.75 Å². The van der Waals surface area contributed by atoms with E-state index in [1.165, 1.54) is 11.3 Å². The summed E-state index contributed by atoms with van der Waals surface area (Å²) >= 11 is 1.48. The van der Waals surface area contributed by atoms with Crippen LogP contribution in [0.2, 0.25) is 0 Å². The Balaban J connectivity index is 1.72. The van der Waals surface area contributed by atoms with Crippen molar-refractivity contribution in [2.75, 3.05) is 18.5 Å². The lowest BCUT2D eigenvalue weighted by Gasteiger charge is -2.09. The van der Waals surface area contributed by atoms with Gasteiger partial charge in [0.05, 0.1) is 4.88 Å². The molecule has 1 aromatic heterocycles. The molecule has 1 heterocycles. The number of benzene rings is 2. The molecule has 0 radical (unpaired) electrons. The third kappa shape index (κ3) is 4.03. The molecule has 0 bridgehead atoms. The number of amides is 2. The summed E-state index contributed by atoms with van der Waals surface area (Å²) in [4.78, 5) is 24.8. The van der Waals surface area contributed by atoms with Crippen LogP contribution in [0.4, 0.5) is 5.69 Å². The first kappa shape index (κ1) is 17.9. The maximum atomic E-state index is 12.7. The van der Waals surface area contributed by atoms with Crippen molar-refractivity contribution in [3.63, 3.8) is 0 Å². The van der Waals surface area contributed by atoms with E-state index in [-0.39, 0.29) is 18.4 Å². The Morgan fingerprint density at radius 1 is 1.12 bits per heavy atom. The van der Waals surface area contributed by atoms with Crippen molar-refractivity contribution in [2.24, 2.45) is 0 Å². The smallest absolute Gasteiger partial charge is 0.266 e. The van der Waals surface area contributed by atoms with Gasteiger partial charge >= 0.3 is 0 Å². The van der Waals surface area contributed by atoms with Crippen LogP contribution in [0.5, 0.6) is 5.75 Å². The van der Waals surface area contributed by atoms with E-state index in [0.717, 1.165) is 15.6 Å². The molecular formula is C20H20N2O3S. The molecule has 26 heavy (non-hydrogen) atoms. The monoisotopic (exact) mass is 368 g/mol. The molecule has 3 rings (SSSR count). The molecule has 2 aromatic carbocycles. The first-order valence-corrected chi connectivity index (χ1v) is 9.19. The molecule has 0 aliphatic heterocycles. The second-order valence-corrected chi connectivity index (χ2v) is 6.83. The normalized spacial score (nSPS) is 10.5. The summed E-state index contributed by atoms with van der Waals surface area (Å²) in [7, 11) is 0. The zero-order valence-corrected chi connectivity index (χ0v) is 15.5. The number of carbonyl (C=O) groups excluding carboxylic acids is 2. The Morgan fingerprint density at radius 2 is 1.92 bits per heavy atom. The van der Waals surface area contributed by atoms with E-state index in [9.17, 15) is 9.59 Å². The average molecular weight is 368 g/mol. The van der Waals surface area contributed by atoms with Crippen LogP contribution in [0.1, 0.15) is 22.2 Å². The molecule has 0 fully saturated rings. The molecule has 2 amide bonds. The Hall–Kier alpha value is -2.86. The Kier molecular flexibility index (Phi) is 5.53. The van der Waals surface area contributed by atoms with Crippen molar-refractivity contribution in [3.8, 4) is 5.75 Å². The van der Waals surface area contributed by atoms with Gasteiger partial charge in [-0.2, -0.15) is 0 Å². The Bertz CT molecular complexity index is 949. The first-order valence-electron chi connectivity index (χ1n) is 8.37. The first-order chi connectivity index (χ1) is 12.6. The number of carbonyl (C=O) groups is 2. The van der Waals surface area contributed by atoms with Gasteiger partial charge in [0.15, 0.2) is 6.61 Å². The van der Waals surface area contributed by atoms with Crippen molar-refractivity contribution >= 4 is 38.9 Å². The zero-order chi connectivity index (χ0) is 18.5. The van der Waals surface area contributed by atoms with Crippen LogP contribution in [-0.4, -0.2) is 25.0 Å². The van der Waals surface area contributed by atoms with Gasteiger partial charge in [0.2, 0.25) is 0 Å². The van der Waals surface area contributed by atoms with Crippen molar-refractivity contribution in [1.29, 1.82) is 0 Å². The third-order valence-electron chi connectivity index (χ3n) is 3.89. The molecule has 6 heteroatoms. The molecule has 0 aliphatic carbocycles. The van der Waals surface area contributed by atoms with E-state index in [2.05, 4.69) is 10.6 Å². The SMILES string of the molecule is CCNC(=O)COc1cccc(NC(=O)c2sc3ccccc3c2C)c1. The molecule has 2 N–H and O–H groups in total. The number of rotatable bonds is 6. The quantitative estimate of drug-likeness (QED) is 0.692. The Labute approximate surface area is 156 Å². The van der Waals surface area contributed by atoms with Gasteiger partial charge in [-0.1, -0.05) is 24.3 Å². The number of ether oxygens (including phenoxy) is 1. The lowest BCUT2D eigenvalue weighted by Crippen LogP contribution is -2.28.